The molecule has 0 spiro atoms. The van der Waals surface area contributed by atoms with Crippen LogP contribution in [0.1, 0.15) is 33.1 Å². The van der Waals surface area contributed by atoms with Gasteiger partial charge in [-0.15, -0.1) is 12.4 Å². The van der Waals surface area contributed by atoms with E-state index in [1.165, 1.54) is 0 Å². The fraction of sp³-hybridized carbons (Fsp3) is 0.857. The summed E-state index contributed by atoms with van der Waals surface area (Å²) in [5.74, 6) is -0.198. The van der Waals surface area contributed by atoms with Crippen molar-refractivity contribution >= 4 is 24.3 Å². The molecule has 1 aliphatic heterocycles. The van der Waals surface area contributed by atoms with Gasteiger partial charge in [-0.2, -0.15) is 0 Å². The number of hydrogen-bond acceptors (Lipinski definition) is 5. The lowest BCUT2D eigenvalue weighted by Gasteiger charge is -2.36. The molecular weight excluding hydrogens is 294 g/mol. The molecule has 1 heterocycles. The van der Waals surface area contributed by atoms with Crippen LogP contribution in [-0.2, 0) is 14.3 Å². The van der Waals surface area contributed by atoms with Crippen molar-refractivity contribution in [3.05, 3.63) is 0 Å². The molecule has 2 unspecified atom stereocenters. The average Bonchev–Trinajstić information content (AvgIpc) is 2.46. The van der Waals surface area contributed by atoms with Gasteiger partial charge >= 0.3 is 5.97 Å². The van der Waals surface area contributed by atoms with Gasteiger partial charge in [-0.25, -0.2) is 0 Å². The third-order valence-corrected chi connectivity index (χ3v) is 3.65. The number of nitrogens with zero attached hydrogens (tertiary/aromatic N) is 1. The van der Waals surface area contributed by atoms with E-state index in [2.05, 4.69) is 10.2 Å². The first-order valence-corrected chi connectivity index (χ1v) is 7.52. The Hall–Kier alpha value is -0.850. The number of halogens is 1. The van der Waals surface area contributed by atoms with Gasteiger partial charge in [0.25, 0.3) is 0 Å². The van der Waals surface area contributed by atoms with Crippen molar-refractivity contribution in [3.63, 3.8) is 0 Å². The molecule has 0 bridgehead atoms. The average molecular weight is 322 g/mol. The highest BCUT2D eigenvalue weighted by Crippen LogP contribution is 2.20. The molecule has 0 aromatic carbocycles. The van der Waals surface area contributed by atoms with E-state index in [4.69, 9.17) is 10.5 Å². The van der Waals surface area contributed by atoms with Gasteiger partial charge in [0.15, 0.2) is 0 Å². The molecule has 1 fully saturated rings. The molecule has 1 saturated heterocycles. The zero-order valence-corrected chi connectivity index (χ0v) is 13.8. The molecular formula is C14H28ClN3O3. The van der Waals surface area contributed by atoms with Gasteiger partial charge in [0.1, 0.15) is 6.04 Å². The van der Waals surface area contributed by atoms with Crippen LogP contribution in [0, 0.1) is 5.92 Å². The van der Waals surface area contributed by atoms with Crippen LogP contribution in [0.3, 0.4) is 0 Å². The SMILES string of the molecule is CCOC(=O)C(CC)N1CCCC(C(=O)NCCN)C1.Cl. The van der Waals surface area contributed by atoms with E-state index in [1.54, 1.807) is 0 Å². The van der Waals surface area contributed by atoms with Gasteiger partial charge in [0.2, 0.25) is 5.91 Å². The molecule has 0 radical (unpaired) electrons. The lowest BCUT2D eigenvalue weighted by atomic mass is 9.95. The number of nitrogens with two attached hydrogens (primary N) is 1. The summed E-state index contributed by atoms with van der Waals surface area (Å²) in [5.41, 5.74) is 5.39. The minimum Gasteiger partial charge on any atom is -0.465 e. The summed E-state index contributed by atoms with van der Waals surface area (Å²) < 4.78 is 5.11. The number of nitrogens with one attached hydrogen (secondary N) is 1. The van der Waals surface area contributed by atoms with Crippen molar-refractivity contribution in [3.8, 4) is 0 Å². The first kappa shape index (κ1) is 20.1. The van der Waals surface area contributed by atoms with E-state index in [9.17, 15) is 9.59 Å². The number of likely N-dealkylation sites (tertiary alicyclic amines) is 1. The smallest absolute Gasteiger partial charge is 0.323 e. The third kappa shape index (κ3) is 6.20. The zero-order chi connectivity index (χ0) is 15.0. The Morgan fingerprint density at radius 2 is 2.14 bits per heavy atom. The number of ether oxygens (including phenoxy) is 1. The summed E-state index contributed by atoms with van der Waals surface area (Å²) in [7, 11) is 0. The number of esters is 1. The van der Waals surface area contributed by atoms with E-state index in [-0.39, 0.29) is 36.2 Å². The van der Waals surface area contributed by atoms with Gasteiger partial charge < -0.3 is 15.8 Å². The van der Waals surface area contributed by atoms with E-state index >= 15 is 0 Å². The van der Waals surface area contributed by atoms with Crippen molar-refractivity contribution < 1.29 is 14.3 Å². The maximum Gasteiger partial charge on any atom is 0.323 e. The molecule has 6 nitrogen and oxygen atoms in total. The highest BCUT2D eigenvalue weighted by molar-refractivity contribution is 5.85. The molecule has 21 heavy (non-hydrogen) atoms. The fourth-order valence-corrected chi connectivity index (χ4v) is 2.66. The number of piperidine rings is 1. The Morgan fingerprint density at radius 3 is 2.71 bits per heavy atom. The summed E-state index contributed by atoms with van der Waals surface area (Å²) >= 11 is 0. The van der Waals surface area contributed by atoms with E-state index in [0.717, 1.165) is 19.4 Å². The van der Waals surface area contributed by atoms with Crippen LogP contribution in [0.5, 0.6) is 0 Å². The quantitative estimate of drug-likeness (QED) is 0.668. The number of rotatable bonds is 7. The predicted molar refractivity (Wildman–Crippen MR) is 84.3 cm³/mol. The Kier molecular flexibility index (Phi) is 10.4. The molecule has 0 saturated carbocycles. The molecule has 1 aliphatic rings. The largest absolute Gasteiger partial charge is 0.465 e. The van der Waals surface area contributed by atoms with Gasteiger partial charge in [-0.05, 0) is 32.7 Å². The van der Waals surface area contributed by atoms with E-state index in [1.807, 2.05) is 13.8 Å². The molecule has 2 atom stereocenters. The molecule has 1 rings (SSSR count). The Labute approximate surface area is 133 Å². The van der Waals surface area contributed by atoms with Gasteiger partial charge in [0.05, 0.1) is 12.5 Å². The van der Waals surface area contributed by atoms with Crippen LogP contribution in [0.4, 0.5) is 0 Å². The van der Waals surface area contributed by atoms with Crippen molar-refractivity contribution in [1.82, 2.24) is 10.2 Å². The van der Waals surface area contributed by atoms with E-state index < -0.39 is 0 Å². The zero-order valence-electron chi connectivity index (χ0n) is 13.0. The van der Waals surface area contributed by atoms with Gasteiger partial charge in [-0.1, -0.05) is 6.92 Å². The highest BCUT2D eigenvalue weighted by atomic mass is 35.5. The second kappa shape index (κ2) is 10.8. The summed E-state index contributed by atoms with van der Waals surface area (Å²) in [6.45, 7) is 6.59. The van der Waals surface area contributed by atoms with Gasteiger partial charge in [-0.3, -0.25) is 14.5 Å². The molecule has 3 N–H and O–H groups in total. The Balaban J connectivity index is 0.00000400. The van der Waals surface area contributed by atoms with Crippen molar-refractivity contribution in [2.75, 3.05) is 32.8 Å². The lowest BCUT2D eigenvalue weighted by molar-refractivity contribution is -0.151. The number of hydrogen-bond donors (Lipinski definition) is 2. The molecule has 7 heteroatoms. The van der Waals surface area contributed by atoms with Crippen molar-refractivity contribution in [1.29, 1.82) is 0 Å². The molecule has 1 amide bonds. The second-order valence-electron chi connectivity index (χ2n) is 5.09. The van der Waals surface area contributed by atoms with Crippen LogP contribution in [-0.4, -0.2) is 55.6 Å². The number of amides is 1. The first-order chi connectivity index (χ1) is 9.63. The fourth-order valence-electron chi connectivity index (χ4n) is 2.66. The van der Waals surface area contributed by atoms with Crippen LogP contribution in [0.2, 0.25) is 0 Å². The minimum atomic E-state index is -0.236. The van der Waals surface area contributed by atoms with Gasteiger partial charge in [0, 0.05) is 19.6 Å². The first-order valence-electron chi connectivity index (χ1n) is 7.52. The molecule has 124 valence electrons. The highest BCUT2D eigenvalue weighted by Gasteiger charge is 2.32. The van der Waals surface area contributed by atoms with Crippen LogP contribution in [0.25, 0.3) is 0 Å². The minimum absolute atomic E-state index is 0. The summed E-state index contributed by atoms with van der Waals surface area (Å²) in [6, 6.07) is -0.236. The summed E-state index contributed by atoms with van der Waals surface area (Å²) in [6.07, 6.45) is 2.50. The maximum atomic E-state index is 12.0. The maximum absolute atomic E-state index is 12.0. The topological polar surface area (TPSA) is 84.7 Å². The molecule has 0 aromatic rings. The second-order valence-corrected chi connectivity index (χ2v) is 5.09. The molecule has 0 aliphatic carbocycles. The van der Waals surface area contributed by atoms with E-state index in [0.29, 0.717) is 32.7 Å². The molecule has 0 aromatic heterocycles. The Bertz CT molecular complexity index is 329. The third-order valence-electron chi connectivity index (χ3n) is 3.65. The van der Waals surface area contributed by atoms with Crippen molar-refractivity contribution in [2.24, 2.45) is 11.7 Å². The normalized spacial score (nSPS) is 20.2. The Morgan fingerprint density at radius 1 is 1.43 bits per heavy atom. The van der Waals surface area contributed by atoms with Crippen LogP contribution in [0.15, 0.2) is 0 Å². The number of carbonyl (C=O) groups excluding carboxylic acids is 2. The predicted octanol–water partition coefficient (Wildman–Crippen LogP) is 0.537. The summed E-state index contributed by atoms with van der Waals surface area (Å²) in [4.78, 5) is 26.0. The van der Waals surface area contributed by atoms with Crippen LogP contribution >= 0.6 is 12.4 Å². The standard InChI is InChI=1S/C14H27N3O3.ClH/c1-3-12(14(19)20-4-2)17-9-5-6-11(10-17)13(18)16-8-7-15;/h11-12H,3-10,15H2,1-2H3,(H,16,18);1H. The lowest BCUT2D eigenvalue weighted by Crippen LogP contribution is -2.50. The number of carbonyl (C=O) groups is 2. The monoisotopic (exact) mass is 321 g/mol. The van der Waals surface area contributed by atoms with Crippen molar-refractivity contribution in [2.45, 2.75) is 39.2 Å². The summed E-state index contributed by atoms with van der Waals surface area (Å²) in [5, 5.41) is 2.83. The van der Waals surface area contributed by atoms with Crippen LogP contribution < -0.4 is 11.1 Å².